The van der Waals surface area contributed by atoms with E-state index in [4.69, 9.17) is 4.18 Å². The molecule has 2 fully saturated rings. The zero-order valence-corrected chi connectivity index (χ0v) is 23.1. The van der Waals surface area contributed by atoms with Crippen LogP contribution in [0.4, 0.5) is 4.79 Å². The van der Waals surface area contributed by atoms with Crippen molar-refractivity contribution in [3.8, 4) is 5.75 Å². The molecule has 2 saturated heterocycles. The summed E-state index contributed by atoms with van der Waals surface area (Å²) < 4.78 is 31.4. The van der Waals surface area contributed by atoms with Gasteiger partial charge in [-0.2, -0.15) is 8.42 Å². The Morgan fingerprint density at radius 2 is 1.82 bits per heavy atom. The van der Waals surface area contributed by atoms with Gasteiger partial charge in [0.2, 0.25) is 5.91 Å². The van der Waals surface area contributed by atoms with Crippen LogP contribution in [0.3, 0.4) is 0 Å². The maximum Gasteiger partial charge on any atom is 0.339 e. The smallest absolute Gasteiger partial charge is 0.339 e. The number of piperidine rings is 1. The lowest BCUT2D eigenvalue weighted by atomic mass is 9.95. The molecule has 10 nitrogen and oxygen atoms in total. The summed E-state index contributed by atoms with van der Waals surface area (Å²) in [7, 11) is -4.10. The predicted molar refractivity (Wildman–Crippen MR) is 148 cm³/mol. The fourth-order valence-corrected chi connectivity index (χ4v) is 6.51. The van der Waals surface area contributed by atoms with Crippen LogP contribution >= 0.6 is 0 Å². The standard InChI is InChI=1S/C29H32N4O6S/c1-2-4-27(34)32-15-12-21(13-16-32)19-33-25(28(35)31-29(33)36)17-20-7-9-23(10-8-20)39-40(37,38)26-6-3-5-22-18-30-14-11-24(22)26/h3,5-11,14,18,21,25H,2,4,12-13,15-17,19H2,1H3,(H,31,35,36). The summed E-state index contributed by atoms with van der Waals surface area (Å²) in [5.41, 5.74) is 0.765. The van der Waals surface area contributed by atoms with Crippen LogP contribution in [0.1, 0.15) is 38.2 Å². The third kappa shape index (κ3) is 5.94. The number of nitrogens with one attached hydrogen (secondary N) is 1. The molecule has 0 aliphatic carbocycles. The Morgan fingerprint density at radius 1 is 1.07 bits per heavy atom. The molecule has 5 rings (SSSR count). The number of carbonyl (C=O) groups excluding carboxylic acids is 3. The lowest BCUT2D eigenvalue weighted by Crippen LogP contribution is -2.44. The maximum absolute atomic E-state index is 13.0. The van der Waals surface area contributed by atoms with E-state index >= 15 is 0 Å². The van der Waals surface area contributed by atoms with Crippen molar-refractivity contribution in [2.45, 2.75) is 50.0 Å². The van der Waals surface area contributed by atoms with Gasteiger partial charge in [-0.1, -0.05) is 31.2 Å². The molecule has 4 amide bonds. The van der Waals surface area contributed by atoms with Crippen molar-refractivity contribution in [1.82, 2.24) is 20.1 Å². The van der Waals surface area contributed by atoms with Crippen LogP contribution in [-0.2, 0) is 26.1 Å². The average Bonchev–Trinajstić information content (AvgIpc) is 3.21. The molecule has 0 bridgehead atoms. The molecule has 0 radical (unpaired) electrons. The van der Waals surface area contributed by atoms with Crippen LogP contribution in [0.15, 0.2) is 65.8 Å². The molecule has 3 aromatic rings. The van der Waals surface area contributed by atoms with Gasteiger partial charge in [0.15, 0.2) is 0 Å². The van der Waals surface area contributed by atoms with Crippen LogP contribution in [-0.4, -0.2) is 66.7 Å². The highest BCUT2D eigenvalue weighted by Gasteiger charge is 2.39. The van der Waals surface area contributed by atoms with Gasteiger partial charge in [0.05, 0.1) is 0 Å². The summed E-state index contributed by atoms with van der Waals surface area (Å²) >= 11 is 0. The molecule has 2 aromatic carbocycles. The average molecular weight is 565 g/mol. The summed E-state index contributed by atoms with van der Waals surface area (Å²) in [5.74, 6) is 0.162. The lowest BCUT2D eigenvalue weighted by Gasteiger charge is -2.34. The molecule has 210 valence electrons. The first kappa shape index (κ1) is 27.6. The van der Waals surface area contributed by atoms with Gasteiger partial charge in [-0.15, -0.1) is 0 Å². The number of benzene rings is 2. The van der Waals surface area contributed by atoms with E-state index in [0.29, 0.717) is 36.8 Å². The molecular weight excluding hydrogens is 532 g/mol. The number of imide groups is 1. The molecule has 3 heterocycles. The number of urea groups is 1. The molecule has 40 heavy (non-hydrogen) atoms. The Balaban J connectivity index is 1.23. The molecule has 0 spiro atoms. The Hall–Kier alpha value is -3.99. The number of likely N-dealkylation sites (tertiary alicyclic amines) is 1. The molecule has 2 aliphatic rings. The normalized spacial score (nSPS) is 18.3. The van der Waals surface area contributed by atoms with Gasteiger partial charge in [-0.25, -0.2) is 4.79 Å². The number of hydrogen-bond donors (Lipinski definition) is 1. The van der Waals surface area contributed by atoms with Crippen LogP contribution in [0, 0.1) is 5.92 Å². The van der Waals surface area contributed by atoms with E-state index in [-0.39, 0.29) is 34.8 Å². The van der Waals surface area contributed by atoms with Gasteiger partial charge in [0.25, 0.3) is 5.91 Å². The highest BCUT2D eigenvalue weighted by atomic mass is 32.2. The van der Waals surface area contributed by atoms with Gasteiger partial charge in [0.1, 0.15) is 16.7 Å². The molecule has 0 saturated carbocycles. The van der Waals surface area contributed by atoms with Crippen LogP contribution in [0.25, 0.3) is 10.8 Å². The second-order valence-corrected chi connectivity index (χ2v) is 11.8. The molecule has 1 atom stereocenters. The second kappa shape index (κ2) is 11.6. The number of carbonyl (C=O) groups is 3. The van der Waals surface area contributed by atoms with Gasteiger partial charge < -0.3 is 14.0 Å². The predicted octanol–water partition coefficient (Wildman–Crippen LogP) is 3.50. The topological polar surface area (TPSA) is 126 Å². The van der Waals surface area contributed by atoms with E-state index in [1.807, 2.05) is 11.8 Å². The fraction of sp³-hybridized carbons (Fsp3) is 0.379. The minimum Gasteiger partial charge on any atom is -0.379 e. The third-order valence-corrected chi connectivity index (χ3v) is 8.83. The Kier molecular flexibility index (Phi) is 8.02. The number of amides is 4. The van der Waals surface area contributed by atoms with Gasteiger partial charge in [-0.3, -0.25) is 19.9 Å². The summed E-state index contributed by atoms with van der Waals surface area (Å²) in [6.45, 7) is 3.76. The summed E-state index contributed by atoms with van der Waals surface area (Å²) in [6.07, 6.45) is 6.35. The molecule has 1 aromatic heterocycles. The largest absolute Gasteiger partial charge is 0.379 e. The second-order valence-electron chi connectivity index (χ2n) is 10.3. The maximum atomic E-state index is 13.0. The monoisotopic (exact) mass is 564 g/mol. The Labute approximate surface area is 233 Å². The number of hydrogen-bond acceptors (Lipinski definition) is 7. The van der Waals surface area contributed by atoms with Gasteiger partial charge >= 0.3 is 16.1 Å². The Bertz CT molecular complexity index is 1510. The number of aromatic nitrogens is 1. The number of nitrogens with zero attached hydrogens (tertiary/aromatic N) is 3. The number of rotatable bonds is 9. The zero-order chi connectivity index (χ0) is 28.3. The van der Waals surface area contributed by atoms with Crippen LogP contribution in [0.2, 0.25) is 0 Å². The van der Waals surface area contributed by atoms with Crippen molar-refractivity contribution in [3.05, 3.63) is 66.5 Å². The highest BCUT2D eigenvalue weighted by Crippen LogP contribution is 2.27. The van der Waals surface area contributed by atoms with E-state index in [1.54, 1.807) is 53.6 Å². The molecule has 11 heteroatoms. The Morgan fingerprint density at radius 3 is 2.55 bits per heavy atom. The third-order valence-electron chi connectivity index (χ3n) is 7.52. The van der Waals surface area contributed by atoms with Crippen LogP contribution in [0.5, 0.6) is 5.75 Å². The van der Waals surface area contributed by atoms with Crippen molar-refractivity contribution >= 4 is 38.7 Å². The lowest BCUT2D eigenvalue weighted by molar-refractivity contribution is -0.132. The van der Waals surface area contributed by atoms with Crippen molar-refractivity contribution in [3.63, 3.8) is 0 Å². The van der Waals surface area contributed by atoms with E-state index in [1.165, 1.54) is 12.3 Å². The highest BCUT2D eigenvalue weighted by molar-refractivity contribution is 7.87. The number of pyridine rings is 1. The van der Waals surface area contributed by atoms with Crippen LogP contribution < -0.4 is 9.50 Å². The van der Waals surface area contributed by atoms with E-state index in [2.05, 4.69) is 10.3 Å². The van der Waals surface area contributed by atoms with E-state index < -0.39 is 22.2 Å². The first-order chi connectivity index (χ1) is 19.2. The summed E-state index contributed by atoms with van der Waals surface area (Å²) in [6, 6.07) is 12.0. The molecular formula is C29H32N4O6S. The quantitative estimate of drug-likeness (QED) is 0.311. The first-order valence-electron chi connectivity index (χ1n) is 13.5. The van der Waals surface area contributed by atoms with E-state index in [0.717, 1.165) is 24.8 Å². The zero-order valence-electron chi connectivity index (χ0n) is 22.3. The van der Waals surface area contributed by atoms with Crippen molar-refractivity contribution in [1.29, 1.82) is 0 Å². The minimum absolute atomic E-state index is 0.0498. The summed E-state index contributed by atoms with van der Waals surface area (Å²) in [5, 5.41) is 3.63. The minimum atomic E-state index is -4.10. The van der Waals surface area contributed by atoms with E-state index in [9.17, 15) is 22.8 Å². The fourth-order valence-electron chi connectivity index (χ4n) is 5.36. The van der Waals surface area contributed by atoms with Gasteiger partial charge in [0, 0.05) is 55.6 Å². The van der Waals surface area contributed by atoms with Gasteiger partial charge in [-0.05, 0) is 55.0 Å². The molecule has 2 aliphatic heterocycles. The molecule has 1 N–H and O–H groups in total. The van der Waals surface area contributed by atoms with Crippen molar-refractivity contribution in [2.24, 2.45) is 5.92 Å². The van der Waals surface area contributed by atoms with Crippen molar-refractivity contribution in [2.75, 3.05) is 19.6 Å². The first-order valence-corrected chi connectivity index (χ1v) is 14.9. The van der Waals surface area contributed by atoms with Crippen molar-refractivity contribution < 1.29 is 27.0 Å². The number of fused-ring (bicyclic) bond motifs is 1. The summed E-state index contributed by atoms with van der Waals surface area (Å²) in [4.78, 5) is 45.0. The SMILES string of the molecule is CCCC(=O)N1CCC(CN2C(=O)NC(=O)C2Cc2ccc(OS(=O)(=O)c3cccc4cnccc34)cc2)CC1. The molecule has 1 unspecified atom stereocenters.